The summed E-state index contributed by atoms with van der Waals surface area (Å²) in [5.74, 6) is -1.66. The molecule has 2 aromatic carbocycles. The second-order valence-corrected chi connectivity index (χ2v) is 14.9. The summed E-state index contributed by atoms with van der Waals surface area (Å²) in [6, 6.07) is 12.6. The first-order chi connectivity index (χ1) is 20.6. The SMILES string of the molecule is CCOc1cc(C2C3=C(CC(C)(C)CC3=O)N(CCC(=O)O)C3=C2C(=O)CC(C)(C)C3)ccc1OS(=O)(=O)c1ccccc1. The van der Waals surface area contributed by atoms with Crippen LogP contribution in [-0.2, 0) is 24.5 Å². The molecular weight excluding hydrogens is 582 g/mol. The Bertz CT molecular complexity index is 1630. The van der Waals surface area contributed by atoms with E-state index in [1.54, 1.807) is 37.3 Å². The van der Waals surface area contributed by atoms with Crippen molar-refractivity contribution in [3.05, 3.63) is 76.6 Å². The lowest BCUT2D eigenvalue weighted by Gasteiger charge is -2.49. The number of hydrogen-bond donors (Lipinski definition) is 1. The maximum absolute atomic E-state index is 14.0. The number of carbonyl (C=O) groups excluding carboxylic acids is 2. The zero-order valence-electron chi connectivity index (χ0n) is 25.8. The molecule has 0 radical (unpaired) electrons. The first-order valence-corrected chi connectivity index (χ1v) is 16.3. The molecule has 1 heterocycles. The highest BCUT2D eigenvalue weighted by atomic mass is 32.2. The summed E-state index contributed by atoms with van der Waals surface area (Å²) in [7, 11) is -4.16. The van der Waals surface area contributed by atoms with Gasteiger partial charge in [0.15, 0.2) is 23.1 Å². The number of carbonyl (C=O) groups is 3. The van der Waals surface area contributed by atoms with Crippen molar-refractivity contribution in [3.8, 4) is 11.5 Å². The Balaban J connectivity index is 1.68. The standard InChI is InChI=1S/C34H39NO8S/c1-6-42-28-16-21(12-13-27(28)43-44(40,41)22-10-8-7-9-11-22)30-31-23(17-33(2,3)19-25(31)36)35(15-14-29(38)39)24-18-34(4,5)20-26(37)32(24)30/h7-13,16,30H,6,14-15,17-20H2,1-5H3,(H,38,39). The van der Waals surface area contributed by atoms with Crippen LogP contribution in [0.3, 0.4) is 0 Å². The maximum Gasteiger partial charge on any atom is 0.339 e. The van der Waals surface area contributed by atoms with Crippen molar-refractivity contribution in [2.75, 3.05) is 13.2 Å². The first kappa shape index (κ1) is 31.5. The molecule has 44 heavy (non-hydrogen) atoms. The van der Waals surface area contributed by atoms with Gasteiger partial charge in [-0.05, 0) is 60.4 Å². The van der Waals surface area contributed by atoms with E-state index < -0.39 is 22.0 Å². The zero-order chi connectivity index (χ0) is 32.0. The second-order valence-electron chi connectivity index (χ2n) is 13.3. The highest BCUT2D eigenvalue weighted by molar-refractivity contribution is 7.87. The van der Waals surface area contributed by atoms with E-state index in [-0.39, 0.29) is 71.2 Å². The summed E-state index contributed by atoms with van der Waals surface area (Å²) in [5, 5.41) is 9.57. The predicted molar refractivity (Wildman–Crippen MR) is 164 cm³/mol. The fourth-order valence-corrected chi connectivity index (χ4v) is 7.61. The van der Waals surface area contributed by atoms with Crippen LogP contribution in [0.2, 0.25) is 0 Å². The summed E-state index contributed by atoms with van der Waals surface area (Å²) in [6.45, 7) is 10.2. The van der Waals surface area contributed by atoms with Crippen LogP contribution in [0.5, 0.6) is 11.5 Å². The van der Waals surface area contributed by atoms with Gasteiger partial charge in [0.2, 0.25) is 0 Å². The van der Waals surface area contributed by atoms with Crippen molar-refractivity contribution in [1.82, 2.24) is 4.90 Å². The average Bonchev–Trinajstić information content (AvgIpc) is 2.91. The smallest absolute Gasteiger partial charge is 0.339 e. The van der Waals surface area contributed by atoms with Crippen molar-refractivity contribution < 1.29 is 36.8 Å². The molecule has 2 aliphatic carbocycles. The molecule has 0 unspecified atom stereocenters. The van der Waals surface area contributed by atoms with Crippen molar-refractivity contribution >= 4 is 27.7 Å². The van der Waals surface area contributed by atoms with E-state index >= 15 is 0 Å². The third kappa shape index (κ3) is 6.18. The zero-order valence-corrected chi connectivity index (χ0v) is 26.6. The number of rotatable bonds is 9. The van der Waals surface area contributed by atoms with Gasteiger partial charge in [-0.25, -0.2) is 0 Å². The summed E-state index contributed by atoms with van der Waals surface area (Å²) >= 11 is 0. The summed E-state index contributed by atoms with van der Waals surface area (Å²) in [5.41, 5.74) is 2.40. The van der Waals surface area contributed by atoms with Gasteiger partial charge in [0.05, 0.1) is 13.0 Å². The molecule has 0 spiro atoms. The number of carboxylic acids is 1. The number of ketones is 2. The van der Waals surface area contributed by atoms with Gasteiger partial charge in [0.25, 0.3) is 0 Å². The second kappa shape index (κ2) is 11.5. The maximum atomic E-state index is 14.0. The van der Waals surface area contributed by atoms with E-state index in [1.165, 1.54) is 18.2 Å². The topological polar surface area (TPSA) is 127 Å². The number of nitrogens with zero attached hydrogens (tertiary/aromatic N) is 1. The molecule has 2 aromatic rings. The van der Waals surface area contributed by atoms with Crippen LogP contribution in [0.1, 0.15) is 78.2 Å². The van der Waals surface area contributed by atoms with Gasteiger partial charge in [0, 0.05) is 47.8 Å². The fraction of sp³-hybridized carbons (Fsp3) is 0.441. The molecule has 0 saturated heterocycles. The lowest BCUT2D eigenvalue weighted by Crippen LogP contribution is -2.45. The number of carboxylic acid groups (broad SMARTS) is 1. The Hall–Kier alpha value is -3.92. The third-order valence-electron chi connectivity index (χ3n) is 8.40. The van der Waals surface area contributed by atoms with Crippen LogP contribution < -0.4 is 8.92 Å². The van der Waals surface area contributed by atoms with Crippen molar-refractivity contribution in [1.29, 1.82) is 0 Å². The van der Waals surface area contributed by atoms with Crippen LogP contribution in [0.15, 0.2) is 76.0 Å². The molecule has 9 nitrogen and oxygen atoms in total. The summed E-state index contributed by atoms with van der Waals surface area (Å²) in [6.07, 6.45) is 1.52. The predicted octanol–water partition coefficient (Wildman–Crippen LogP) is 6.01. The van der Waals surface area contributed by atoms with Crippen molar-refractivity contribution in [2.24, 2.45) is 10.8 Å². The van der Waals surface area contributed by atoms with Gasteiger partial charge in [-0.3, -0.25) is 14.4 Å². The Morgan fingerprint density at radius 1 is 0.886 bits per heavy atom. The van der Waals surface area contributed by atoms with E-state index in [0.717, 1.165) is 11.4 Å². The number of aliphatic carboxylic acids is 1. The van der Waals surface area contributed by atoms with Gasteiger partial charge in [0.1, 0.15) is 4.90 Å². The molecule has 0 saturated carbocycles. The van der Waals surface area contributed by atoms with E-state index in [9.17, 15) is 27.9 Å². The largest absolute Gasteiger partial charge is 0.490 e. The van der Waals surface area contributed by atoms with Crippen LogP contribution in [-0.4, -0.2) is 49.1 Å². The minimum atomic E-state index is -4.16. The molecule has 0 amide bonds. The molecule has 1 aliphatic heterocycles. The van der Waals surface area contributed by atoms with Gasteiger partial charge >= 0.3 is 16.1 Å². The first-order valence-electron chi connectivity index (χ1n) is 14.9. The molecule has 0 atom stereocenters. The molecule has 3 aliphatic rings. The number of benzene rings is 2. The van der Waals surface area contributed by atoms with Crippen LogP contribution in [0.4, 0.5) is 0 Å². The lowest BCUT2D eigenvalue weighted by atomic mass is 9.63. The number of ether oxygens (including phenoxy) is 1. The molecule has 10 heteroatoms. The van der Waals surface area contributed by atoms with Crippen LogP contribution in [0.25, 0.3) is 0 Å². The number of hydrogen-bond acceptors (Lipinski definition) is 8. The van der Waals surface area contributed by atoms with Crippen LogP contribution >= 0.6 is 0 Å². The normalized spacial score (nSPS) is 19.9. The summed E-state index contributed by atoms with van der Waals surface area (Å²) in [4.78, 5) is 41.6. The third-order valence-corrected chi connectivity index (χ3v) is 9.65. The van der Waals surface area contributed by atoms with E-state index in [1.807, 2.05) is 32.6 Å². The minimum Gasteiger partial charge on any atom is -0.490 e. The van der Waals surface area contributed by atoms with Crippen molar-refractivity contribution in [2.45, 2.75) is 77.5 Å². The van der Waals surface area contributed by atoms with Gasteiger partial charge in [-0.15, -0.1) is 0 Å². The monoisotopic (exact) mass is 621 g/mol. The molecule has 1 N–H and O–H groups in total. The molecule has 0 bridgehead atoms. The Morgan fingerprint density at radius 2 is 1.45 bits per heavy atom. The quantitative estimate of drug-likeness (QED) is 0.335. The van der Waals surface area contributed by atoms with Crippen molar-refractivity contribution in [3.63, 3.8) is 0 Å². The van der Waals surface area contributed by atoms with Gasteiger partial charge in [-0.2, -0.15) is 8.42 Å². The van der Waals surface area contributed by atoms with Gasteiger partial charge < -0.3 is 18.9 Å². The Kier molecular flexibility index (Phi) is 8.26. The fourth-order valence-electron chi connectivity index (χ4n) is 6.65. The minimum absolute atomic E-state index is 0.00399. The number of allylic oxidation sites excluding steroid dienone is 4. The highest BCUT2D eigenvalue weighted by Crippen LogP contribution is 2.55. The van der Waals surface area contributed by atoms with E-state index in [4.69, 9.17) is 8.92 Å². The van der Waals surface area contributed by atoms with Gasteiger partial charge in [-0.1, -0.05) is 52.0 Å². The molecule has 234 valence electrons. The van der Waals surface area contributed by atoms with E-state index in [0.29, 0.717) is 29.6 Å². The molecular formula is C34H39NO8S. The lowest BCUT2D eigenvalue weighted by molar-refractivity contribution is -0.137. The molecule has 0 fully saturated rings. The summed E-state index contributed by atoms with van der Waals surface area (Å²) < 4.78 is 37.5. The highest BCUT2D eigenvalue weighted by Gasteiger charge is 2.49. The molecule has 5 rings (SSSR count). The Labute approximate surface area is 258 Å². The van der Waals surface area contributed by atoms with Crippen LogP contribution in [0, 0.1) is 10.8 Å². The average molecular weight is 622 g/mol. The Morgan fingerprint density at radius 3 is 1.98 bits per heavy atom. The van der Waals surface area contributed by atoms with E-state index in [2.05, 4.69) is 0 Å². The number of Topliss-reactive ketones (excluding diaryl/α,β-unsaturated/α-hetero) is 2. The molecule has 0 aromatic heterocycles.